The summed E-state index contributed by atoms with van der Waals surface area (Å²) in [6.07, 6.45) is 0.812. The van der Waals surface area contributed by atoms with Crippen molar-refractivity contribution in [1.82, 2.24) is 0 Å². The molecule has 0 spiro atoms. The average molecular weight is 452 g/mol. The third kappa shape index (κ3) is 3.57. The van der Waals surface area contributed by atoms with E-state index in [9.17, 15) is 14.4 Å². The number of hydrogen-bond acceptors (Lipinski definition) is 4. The number of amides is 3. The van der Waals surface area contributed by atoms with E-state index < -0.39 is 0 Å². The molecule has 3 aromatic rings. The molecule has 170 valence electrons. The minimum Gasteiger partial charge on any atom is -0.336 e. The zero-order chi connectivity index (χ0) is 24.0. The lowest BCUT2D eigenvalue weighted by molar-refractivity contribution is -0.120. The fraction of sp³-hybridized carbons (Fsp3) is 0.179. The van der Waals surface area contributed by atoms with Crippen molar-refractivity contribution in [2.24, 2.45) is 0 Å². The van der Waals surface area contributed by atoms with Gasteiger partial charge in [-0.15, -0.1) is 0 Å². The summed E-state index contributed by atoms with van der Waals surface area (Å²) < 4.78 is 0. The third-order valence-electron chi connectivity index (χ3n) is 6.46. The molecule has 6 nitrogen and oxygen atoms in total. The van der Waals surface area contributed by atoms with E-state index in [2.05, 4.69) is 11.4 Å². The molecule has 3 amide bonds. The van der Waals surface area contributed by atoms with Crippen LogP contribution in [0.2, 0.25) is 0 Å². The van der Waals surface area contributed by atoms with E-state index in [4.69, 9.17) is 0 Å². The molecular weight excluding hydrogens is 426 g/mol. The van der Waals surface area contributed by atoms with Crippen LogP contribution in [0.4, 0.5) is 17.1 Å². The molecule has 0 aliphatic carbocycles. The Kier molecular flexibility index (Phi) is 5.28. The lowest BCUT2D eigenvalue weighted by atomic mass is 9.99. The maximum Gasteiger partial charge on any atom is 0.282 e. The molecule has 0 saturated carbocycles. The molecule has 0 aromatic heterocycles. The Hall–Kier alpha value is -4.19. The standard InChI is InChI=1S/C28H25N3O3/c1-17-8-9-21(16-18(17)2)25-26(30-15-14-20-6-4-5-7-24(20)30)28(34)31(27(25)33)23-12-10-22(11-13-23)29-19(3)32/h4-13,16H,14-15H2,1-3H3,(H,29,32). The summed E-state index contributed by atoms with van der Waals surface area (Å²) in [6.45, 7) is 6.10. The van der Waals surface area contributed by atoms with E-state index in [0.29, 0.717) is 29.2 Å². The van der Waals surface area contributed by atoms with Crippen LogP contribution in [0.15, 0.2) is 72.4 Å². The van der Waals surface area contributed by atoms with Crippen LogP contribution in [0.3, 0.4) is 0 Å². The van der Waals surface area contributed by atoms with Crippen LogP contribution in [0.1, 0.15) is 29.2 Å². The smallest absolute Gasteiger partial charge is 0.282 e. The summed E-state index contributed by atoms with van der Waals surface area (Å²) in [6, 6.07) is 20.6. The molecule has 2 aliphatic rings. The van der Waals surface area contributed by atoms with Crippen LogP contribution >= 0.6 is 0 Å². The summed E-state index contributed by atoms with van der Waals surface area (Å²) in [5, 5.41) is 2.71. The average Bonchev–Trinajstić information content (AvgIpc) is 3.34. The topological polar surface area (TPSA) is 69.7 Å². The van der Waals surface area contributed by atoms with E-state index in [1.165, 1.54) is 11.8 Å². The molecule has 1 N–H and O–H groups in total. The molecule has 2 heterocycles. The molecule has 0 bridgehead atoms. The second-order valence-corrected chi connectivity index (χ2v) is 8.73. The summed E-state index contributed by atoms with van der Waals surface area (Å²) in [4.78, 5) is 42.2. The number of anilines is 3. The first kappa shape index (κ1) is 21.6. The highest BCUT2D eigenvalue weighted by molar-refractivity contribution is 6.46. The highest BCUT2D eigenvalue weighted by Gasteiger charge is 2.44. The van der Waals surface area contributed by atoms with Crippen molar-refractivity contribution < 1.29 is 14.4 Å². The Morgan fingerprint density at radius 3 is 2.32 bits per heavy atom. The number of hydrogen-bond donors (Lipinski definition) is 1. The van der Waals surface area contributed by atoms with Crippen molar-refractivity contribution >= 4 is 40.4 Å². The largest absolute Gasteiger partial charge is 0.336 e. The molecule has 2 aliphatic heterocycles. The minimum atomic E-state index is -0.347. The molecule has 0 unspecified atom stereocenters. The van der Waals surface area contributed by atoms with Gasteiger partial charge in [0.2, 0.25) is 5.91 Å². The number of benzene rings is 3. The molecular formula is C28H25N3O3. The van der Waals surface area contributed by atoms with Crippen molar-refractivity contribution in [2.75, 3.05) is 21.7 Å². The van der Waals surface area contributed by atoms with Gasteiger partial charge in [0.1, 0.15) is 5.70 Å². The highest BCUT2D eigenvalue weighted by Crippen LogP contribution is 2.40. The first-order valence-electron chi connectivity index (χ1n) is 11.3. The fourth-order valence-corrected chi connectivity index (χ4v) is 4.63. The van der Waals surface area contributed by atoms with Crippen LogP contribution < -0.4 is 15.1 Å². The van der Waals surface area contributed by atoms with Gasteiger partial charge < -0.3 is 10.2 Å². The summed E-state index contributed by atoms with van der Waals surface area (Å²) in [5.41, 5.74) is 6.93. The number of carbonyl (C=O) groups is 3. The van der Waals surface area contributed by atoms with Gasteiger partial charge in [-0.3, -0.25) is 14.4 Å². The molecule has 6 heteroatoms. The van der Waals surface area contributed by atoms with Crippen molar-refractivity contribution in [2.45, 2.75) is 27.2 Å². The molecule has 3 aromatic carbocycles. The number of rotatable bonds is 4. The van der Waals surface area contributed by atoms with Gasteiger partial charge in [0.15, 0.2) is 0 Å². The van der Waals surface area contributed by atoms with Gasteiger partial charge in [0.25, 0.3) is 11.8 Å². The Balaban J connectivity index is 1.62. The zero-order valence-electron chi connectivity index (χ0n) is 19.4. The lowest BCUT2D eigenvalue weighted by Gasteiger charge is -2.22. The number of imide groups is 1. The summed E-state index contributed by atoms with van der Waals surface area (Å²) >= 11 is 0. The third-order valence-corrected chi connectivity index (χ3v) is 6.46. The number of nitrogens with zero attached hydrogens (tertiary/aromatic N) is 2. The van der Waals surface area contributed by atoms with E-state index in [0.717, 1.165) is 34.4 Å². The van der Waals surface area contributed by atoms with Gasteiger partial charge in [-0.05, 0) is 72.9 Å². The molecule has 5 rings (SSSR count). The Morgan fingerprint density at radius 1 is 0.882 bits per heavy atom. The Labute approximate surface area is 198 Å². The number of carbonyl (C=O) groups excluding carboxylic acids is 3. The zero-order valence-corrected chi connectivity index (χ0v) is 19.4. The van der Waals surface area contributed by atoms with Gasteiger partial charge >= 0.3 is 0 Å². The van der Waals surface area contributed by atoms with E-state index in [-0.39, 0.29) is 17.7 Å². The molecule has 34 heavy (non-hydrogen) atoms. The highest BCUT2D eigenvalue weighted by atomic mass is 16.2. The Bertz CT molecular complexity index is 1370. The van der Waals surface area contributed by atoms with Crippen molar-refractivity contribution in [1.29, 1.82) is 0 Å². The lowest BCUT2D eigenvalue weighted by Crippen LogP contribution is -2.34. The van der Waals surface area contributed by atoms with Crippen LogP contribution in [0.5, 0.6) is 0 Å². The fourth-order valence-electron chi connectivity index (χ4n) is 4.63. The summed E-state index contributed by atoms with van der Waals surface area (Å²) in [5.74, 6) is -0.878. The SMILES string of the molecule is CC(=O)Nc1ccc(N2C(=O)C(c3ccc(C)c(C)c3)=C(N3CCc4ccccc43)C2=O)cc1. The van der Waals surface area contributed by atoms with Gasteiger partial charge in [-0.2, -0.15) is 0 Å². The summed E-state index contributed by atoms with van der Waals surface area (Å²) in [7, 11) is 0. The van der Waals surface area contributed by atoms with Gasteiger partial charge in [0, 0.05) is 24.8 Å². The molecule has 0 saturated heterocycles. The van der Waals surface area contributed by atoms with Gasteiger partial charge in [-0.25, -0.2) is 4.90 Å². The maximum atomic E-state index is 13.8. The molecule has 0 fully saturated rings. The van der Waals surface area contributed by atoms with E-state index in [1.54, 1.807) is 24.3 Å². The van der Waals surface area contributed by atoms with E-state index >= 15 is 0 Å². The predicted molar refractivity (Wildman–Crippen MR) is 134 cm³/mol. The second kappa shape index (κ2) is 8.30. The maximum absolute atomic E-state index is 13.8. The number of aryl methyl sites for hydroxylation is 2. The number of fused-ring (bicyclic) bond motifs is 1. The van der Waals surface area contributed by atoms with Crippen molar-refractivity contribution in [3.05, 3.63) is 94.7 Å². The van der Waals surface area contributed by atoms with Crippen LogP contribution in [0, 0.1) is 13.8 Å². The van der Waals surface area contributed by atoms with Crippen LogP contribution in [-0.4, -0.2) is 24.3 Å². The number of nitrogens with one attached hydrogen (secondary N) is 1. The second-order valence-electron chi connectivity index (χ2n) is 8.73. The van der Waals surface area contributed by atoms with Crippen LogP contribution in [0.25, 0.3) is 5.57 Å². The van der Waals surface area contributed by atoms with E-state index in [1.807, 2.05) is 55.1 Å². The molecule has 0 atom stereocenters. The predicted octanol–water partition coefficient (Wildman–Crippen LogP) is 4.61. The minimum absolute atomic E-state index is 0.185. The van der Waals surface area contributed by atoms with Crippen molar-refractivity contribution in [3.8, 4) is 0 Å². The van der Waals surface area contributed by atoms with Crippen LogP contribution in [-0.2, 0) is 20.8 Å². The monoisotopic (exact) mass is 451 g/mol. The van der Waals surface area contributed by atoms with Gasteiger partial charge in [-0.1, -0.05) is 36.4 Å². The molecule has 0 radical (unpaired) electrons. The van der Waals surface area contributed by atoms with Gasteiger partial charge in [0.05, 0.1) is 11.3 Å². The first-order chi connectivity index (χ1) is 16.3. The van der Waals surface area contributed by atoms with Crippen molar-refractivity contribution in [3.63, 3.8) is 0 Å². The normalized spacial score (nSPS) is 15.3. The number of para-hydroxylation sites is 1. The first-order valence-corrected chi connectivity index (χ1v) is 11.3. The Morgan fingerprint density at radius 2 is 1.62 bits per heavy atom. The quantitative estimate of drug-likeness (QED) is 0.588.